The van der Waals surface area contributed by atoms with E-state index in [1.54, 1.807) is 25.6 Å². The number of amides is 1. The SMILES string of the molecule is COCCn1ncc2cc(-c3oc(-c4ccnc(C)c4)nc3C(N)=O)c(N3CCC(CO)CC3)cc21. The molecule has 0 unspecified atom stereocenters. The van der Waals surface area contributed by atoms with Crippen molar-refractivity contribution in [2.45, 2.75) is 26.3 Å². The van der Waals surface area contributed by atoms with Gasteiger partial charge in [0.25, 0.3) is 5.91 Å². The third-order valence-corrected chi connectivity index (χ3v) is 6.73. The number of ether oxygens (including phenoxy) is 1. The van der Waals surface area contributed by atoms with Crippen LogP contribution < -0.4 is 10.6 Å². The fourth-order valence-electron chi connectivity index (χ4n) is 4.74. The summed E-state index contributed by atoms with van der Waals surface area (Å²) in [6.07, 6.45) is 5.22. The number of primary amides is 1. The van der Waals surface area contributed by atoms with Crippen LogP contribution in [0.25, 0.3) is 33.7 Å². The zero-order chi connectivity index (χ0) is 25.2. The standard InChI is InChI=1S/C26H30N6O4/c1-16-11-18(3-6-28-16)26-30-23(25(27)34)24(36-26)20-12-19-14-29-32(9-10-35-2)21(19)13-22(20)31-7-4-17(15-33)5-8-31/h3,6,11-14,17,33H,4-5,7-10,15H2,1-2H3,(H2,27,34). The van der Waals surface area contributed by atoms with Gasteiger partial charge in [0.1, 0.15) is 0 Å². The number of nitrogens with two attached hydrogens (primary N) is 1. The van der Waals surface area contributed by atoms with E-state index in [2.05, 4.69) is 26.0 Å². The first-order chi connectivity index (χ1) is 17.5. The van der Waals surface area contributed by atoms with Crippen LogP contribution in [0.2, 0.25) is 0 Å². The number of anilines is 1. The largest absolute Gasteiger partial charge is 0.435 e. The first kappa shape index (κ1) is 24.0. The van der Waals surface area contributed by atoms with E-state index in [9.17, 15) is 9.90 Å². The lowest BCUT2D eigenvalue weighted by atomic mass is 9.96. The number of hydrogen-bond donors (Lipinski definition) is 2. The van der Waals surface area contributed by atoms with Gasteiger partial charge >= 0.3 is 0 Å². The number of carbonyl (C=O) groups excluding carboxylic acids is 1. The van der Waals surface area contributed by atoms with Crippen molar-refractivity contribution in [3.05, 3.63) is 48.0 Å². The normalized spacial score (nSPS) is 14.6. The highest BCUT2D eigenvalue weighted by molar-refractivity contribution is 6.01. The molecular weight excluding hydrogens is 460 g/mol. The molecule has 0 spiro atoms. The molecule has 4 heterocycles. The maximum absolute atomic E-state index is 12.5. The number of oxazole rings is 1. The number of aromatic nitrogens is 4. The number of piperidine rings is 1. The molecule has 36 heavy (non-hydrogen) atoms. The van der Waals surface area contributed by atoms with Crippen molar-refractivity contribution >= 4 is 22.5 Å². The number of benzene rings is 1. The number of fused-ring (bicyclic) bond motifs is 1. The summed E-state index contributed by atoms with van der Waals surface area (Å²) in [5.41, 5.74) is 9.97. The topological polar surface area (TPSA) is 133 Å². The van der Waals surface area contributed by atoms with Gasteiger partial charge < -0.3 is 24.9 Å². The van der Waals surface area contributed by atoms with Gasteiger partial charge in [-0.2, -0.15) is 5.10 Å². The van der Waals surface area contributed by atoms with E-state index in [1.807, 2.05) is 23.7 Å². The Labute approximate surface area is 208 Å². The Morgan fingerprint density at radius 1 is 1.28 bits per heavy atom. The Morgan fingerprint density at radius 3 is 2.78 bits per heavy atom. The van der Waals surface area contributed by atoms with E-state index < -0.39 is 5.91 Å². The van der Waals surface area contributed by atoms with E-state index in [-0.39, 0.29) is 18.2 Å². The summed E-state index contributed by atoms with van der Waals surface area (Å²) in [5.74, 6) is 0.267. The molecule has 0 bridgehead atoms. The van der Waals surface area contributed by atoms with Crippen LogP contribution in [0.3, 0.4) is 0 Å². The van der Waals surface area contributed by atoms with Gasteiger partial charge in [-0.25, -0.2) is 4.98 Å². The fraction of sp³-hybridized carbons (Fsp3) is 0.385. The monoisotopic (exact) mass is 490 g/mol. The summed E-state index contributed by atoms with van der Waals surface area (Å²) in [6.45, 7) is 4.76. The molecule has 1 aliphatic rings. The van der Waals surface area contributed by atoms with Crippen molar-refractivity contribution in [3.8, 4) is 22.8 Å². The molecule has 0 aliphatic carbocycles. The third-order valence-electron chi connectivity index (χ3n) is 6.73. The molecule has 0 saturated carbocycles. The summed E-state index contributed by atoms with van der Waals surface area (Å²) >= 11 is 0. The maximum Gasteiger partial charge on any atom is 0.271 e. The number of aliphatic hydroxyl groups is 1. The van der Waals surface area contributed by atoms with Crippen molar-refractivity contribution in [2.24, 2.45) is 11.7 Å². The molecule has 4 aromatic rings. The molecule has 0 radical (unpaired) electrons. The molecule has 5 rings (SSSR count). The van der Waals surface area contributed by atoms with Crippen LogP contribution in [-0.4, -0.2) is 64.2 Å². The molecule has 1 aromatic carbocycles. The molecular formula is C26H30N6O4. The highest BCUT2D eigenvalue weighted by Gasteiger charge is 2.27. The van der Waals surface area contributed by atoms with Crippen molar-refractivity contribution in [1.29, 1.82) is 0 Å². The first-order valence-corrected chi connectivity index (χ1v) is 12.1. The van der Waals surface area contributed by atoms with Crippen LogP contribution in [0.1, 0.15) is 29.0 Å². The Bertz CT molecular complexity index is 1390. The number of methoxy groups -OCH3 is 1. The molecule has 1 amide bonds. The van der Waals surface area contributed by atoms with Crippen LogP contribution in [0, 0.1) is 12.8 Å². The minimum absolute atomic E-state index is 0.0806. The van der Waals surface area contributed by atoms with Crippen LogP contribution in [0.15, 0.2) is 41.1 Å². The number of nitrogens with zero attached hydrogens (tertiary/aromatic N) is 5. The zero-order valence-corrected chi connectivity index (χ0v) is 20.5. The number of aliphatic hydroxyl groups excluding tert-OH is 1. The summed E-state index contributed by atoms with van der Waals surface area (Å²) in [5, 5.41) is 15.1. The molecule has 10 nitrogen and oxygen atoms in total. The van der Waals surface area contributed by atoms with Gasteiger partial charge in [-0.3, -0.25) is 14.5 Å². The van der Waals surface area contributed by atoms with Crippen LogP contribution >= 0.6 is 0 Å². The molecule has 10 heteroatoms. The average molecular weight is 491 g/mol. The summed E-state index contributed by atoms with van der Waals surface area (Å²) in [4.78, 5) is 23.4. The molecule has 3 aromatic heterocycles. The second-order valence-corrected chi connectivity index (χ2v) is 9.15. The molecule has 1 saturated heterocycles. The minimum atomic E-state index is -0.661. The first-order valence-electron chi connectivity index (χ1n) is 12.1. The lowest BCUT2D eigenvalue weighted by Crippen LogP contribution is -2.35. The average Bonchev–Trinajstić information content (AvgIpc) is 3.51. The van der Waals surface area contributed by atoms with Gasteiger partial charge in [0.05, 0.1) is 24.9 Å². The number of aryl methyl sites for hydroxylation is 1. The zero-order valence-electron chi connectivity index (χ0n) is 20.5. The van der Waals surface area contributed by atoms with Crippen molar-refractivity contribution in [2.75, 3.05) is 38.3 Å². The summed E-state index contributed by atoms with van der Waals surface area (Å²) < 4.78 is 13.4. The van der Waals surface area contributed by atoms with E-state index >= 15 is 0 Å². The number of hydrogen-bond acceptors (Lipinski definition) is 8. The number of rotatable bonds is 8. The molecule has 0 atom stereocenters. The Morgan fingerprint density at radius 2 is 2.08 bits per heavy atom. The van der Waals surface area contributed by atoms with E-state index in [0.29, 0.717) is 24.8 Å². The van der Waals surface area contributed by atoms with E-state index in [0.717, 1.165) is 59.3 Å². The fourth-order valence-corrected chi connectivity index (χ4v) is 4.74. The summed E-state index contributed by atoms with van der Waals surface area (Å²) in [7, 11) is 1.66. The van der Waals surface area contributed by atoms with Crippen LogP contribution in [-0.2, 0) is 11.3 Å². The maximum atomic E-state index is 12.5. The van der Waals surface area contributed by atoms with E-state index in [1.165, 1.54) is 0 Å². The number of carbonyl (C=O) groups is 1. The smallest absolute Gasteiger partial charge is 0.271 e. The van der Waals surface area contributed by atoms with Gasteiger partial charge in [0, 0.05) is 60.9 Å². The molecule has 188 valence electrons. The van der Waals surface area contributed by atoms with Gasteiger partial charge in [-0.1, -0.05) is 0 Å². The lowest BCUT2D eigenvalue weighted by molar-refractivity contribution is 0.0996. The van der Waals surface area contributed by atoms with Gasteiger partial charge in [-0.15, -0.1) is 0 Å². The quantitative estimate of drug-likeness (QED) is 0.385. The third kappa shape index (κ3) is 4.57. The van der Waals surface area contributed by atoms with Crippen molar-refractivity contribution < 1.29 is 19.1 Å². The molecule has 1 fully saturated rings. The Hall–Kier alpha value is -3.76. The highest BCUT2D eigenvalue weighted by atomic mass is 16.5. The van der Waals surface area contributed by atoms with Crippen molar-refractivity contribution in [3.63, 3.8) is 0 Å². The Kier molecular flexibility index (Phi) is 6.71. The van der Waals surface area contributed by atoms with Crippen molar-refractivity contribution in [1.82, 2.24) is 19.7 Å². The van der Waals surface area contributed by atoms with Crippen LogP contribution in [0.4, 0.5) is 5.69 Å². The predicted octanol–water partition coefficient (Wildman–Crippen LogP) is 3.02. The van der Waals surface area contributed by atoms with Crippen LogP contribution in [0.5, 0.6) is 0 Å². The highest BCUT2D eigenvalue weighted by Crippen LogP contribution is 2.40. The molecule has 3 N–H and O–H groups in total. The molecule has 1 aliphatic heterocycles. The minimum Gasteiger partial charge on any atom is -0.435 e. The lowest BCUT2D eigenvalue weighted by Gasteiger charge is -2.34. The number of pyridine rings is 1. The second-order valence-electron chi connectivity index (χ2n) is 9.15. The van der Waals surface area contributed by atoms with Gasteiger partial charge in [0.2, 0.25) is 5.89 Å². The predicted molar refractivity (Wildman–Crippen MR) is 136 cm³/mol. The summed E-state index contributed by atoms with van der Waals surface area (Å²) in [6, 6.07) is 7.70. The van der Waals surface area contributed by atoms with Gasteiger partial charge in [0.15, 0.2) is 11.5 Å². The Balaban J connectivity index is 1.67. The van der Waals surface area contributed by atoms with E-state index in [4.69, 9.17) is 14.9 Å². The van der Waals surface area contributed by atoms with Gasteiger partial charge in [-0.05, 0) is 49.9 Å². The second kappa shape index (κ2) is 10.1.